The molecule has 0 spiro atoms. The Morgan fingerprint density at radius 1 is 1.25 bits per heavy atom. The second kappa shape index (κ2) is 6.93. The second-order valence-electron chi connectivity index (χ2n) is 4.65. The molecule has 0 atom stereocenters. The minimum absolute atomic E-state index is 0.680. The first-order chi connectivity index (χ1) is 9.60. The van der Waals surface area contributed by atoms with Crippen molar-refractivity contribution >= 4 is 29.0 Å². The van der Waals surface area contributed by atoms with Crippen LogP contribution in [0, 0.1) is 0 Å². The SMILES string of the molecule is CNCc1cc(N(C)Cc2cccc(Cl)c2)ncc1Cl. The van der Waals surface area contributed by atoms with Crippen molar-refractivity contribution in [3.05, 3.63) is 57.7 Å². The molecule has 0 unspecified atom stereocenters. The van der Waals surface area contributed by atoms with Gasteiger partial charge in [0.1, 0.15) is 5.82 Å². The largest absolute Gasteiger partial charge is 0.355 e. The summed E-state index contributed by atoms with van der Waals surface area (Å²) in [6.45, 7) is 1.47. The van der Waals surface area contributed by atoms with Gasteiger partial charge in [-0.15, -0.1) is 0 Å². The molecule has 0 aliphatic rings. The lowest BCUT2D eigenvalue weighted by Crippen LogP contribution is -2.18. The number of anilines is 1. The molecule has 0 saturated carbocycles. The molecule has 1 N–H and O–H groups in total. The summed E-state index contributed by atoms with van der Waals surface area (Å²) in [5, 5.41) is 4.53. The summed E-state index contributed by atoms with van der Waals surface area (Å²) in [5.74, 6) is 0.889. The van der Waals surface area contributed by atoms with Gasteiger partial charge in [-0.2, -0.15) is 0 Å². The van der Waals surface area contributed by atoms with Crippen LogP contribution in [0.15, 0.2) is 36.5 Å². The molecule has 1 aromatic heterocycles. The molecule has 1 heterocycles. The Morgan fingerprint density at radius 2 is 2.05 bits per heavy atom. The highest BCUT2D eigenvalue weighted by Crippen LogP contribution is 2.21. The van der Waals surface area contributed by atoms with Gasteiger partial charge in [-0.25, -0.2) is 4.98 Å². The Bertz CT molecular complexity index is 587. The van der Waals surface area contributed by atoms with Crippen molar-refractivity contribution in [1.29, 1.82) is 0 Å². The molecular weight excluding hydrogens is 293 g/mol. The quantitative estimate of drug-likeness (QED) is 0.912. The van der Waals surface area contributed by atoms with Crippen LogP contribution in [0.3, 0.4) is 0 Å². The van der Waals surface area contributed by atoms with Crippen molar-refractivity contribution in [2.75, 3.05) is 19.0 Å². The molecule has 5 heteroatoms. The first-order valence-corrected chi connectivity index (χ1v) is 7.10. The van der Waals surface area contributed by atoms with E-state index in [0.29, 0.717) is 5.02 Å². The number of nitrogens with one attached hydrogen (secondary N) is 1. The zero-order valence-corrected chi connectivity index (χ0v) is 13.0. The van der Waals surface area contributed by atoms with E-state index in [-0.39, 0.29) is 0 Å². The fourth-order valence-corrected chi connectivity index (χ4v) is 2.38. The Hall–Kier alpha value is -1.29. The van der Waals surface area contributed by atoms with Gasteiger partial charge in [-0.3, -0.25) is 0 Å². The highest BCUT2D eigenvalue weighted by atomic mass is 35.5. The summed E-state index contributed by atoms with van der Waals surface area (Å²) in [4.78, 5) is 6.44. The summed E-state index contributed by atoms with van der Waals surface area (Å²) in [6.07, 6.45) is 1.69. The van der Waals surface area contributed by atoms with E-state index in [0.717, 1.165) is 35.1 Å². The standard InChI is InChI=1S/C15H17Cl2N3/c1-18-8-12-7-15(19-9-14(12)17)20(2)10-11-4-3-5-13(16)6-11/h3-7,9,18H,8,10H2,1-2H3. The summed E-state index contributed by atoms with van der Waals surface area (Å²) in [5.41, 5.74) is 2.18. The first kappa shape index (κ1) is 15.1. The normalized spacial score (nSPS) is 10.6. The second-order valence-corrected chi connectivity index (χ2v) is 5.49. The molecule has 0 fully saturated rings. The van der Waals surface area contributed by atoms with E-state index in [1.807, 2.05) is 44.4 Å². The number of rotatable bonds is 5. The number of hydrogen-bond donors (Lipinski definition) is 1. The number of halogens is 2. The monoisotopic (exact) mass is 309 g/mol. The van der Waals surface area contributed by atoms with E-state index in [1.165, 1.54) is 0 Å². The summed E-state index contributed by atoms with van der Waals surface area (Å²) in [7, 11) is 3.90. The molecular formula is C15H17Cl2N3. The van der Waals surface area contributed by atoms with Crippen molar-refractivity contribution in [2.45, 2.75) is 13.1 Å². The topological polar surface area (TPSA) is 28.2 Å². The molecule has 0 aliphatic carbocycles. The van der Waals surface area contributed by atoms with Crippen LogP contribution in [0.25, 0.3) is 0 Å². The lowest BCUT2D eigenvalue weighted by molar-refractivity contribution is 0.811. The molecule has 0 amide bonds. The van der Waals surface area contributed by atoms with E-state index in [4.69, 9.17) is 23.2 Å². The maximum absolute atomic E-state index is 6.12. The number of benzene rings is 1. The van der Waals surface area contributed by atoms with Crippen LogP contribution in [0.4, 0.5) is 5.82 Å². The van der Waals surface area contributed by atoms with Gasteiger partial charge < -0.3 is 10.2 Å². The molecule has 2 rings (SSSR count). The van der Waals surface area contributed by atoms with Gasteiger partial charge in [-0.05, 0) is 36.4 Å². The van der Waals surface area contributed by atoms with Gasteiger partial charge in [0.15, 0.2) is 0 Å². The van der Waals surface area contributed by atoms with Gasteiger partial charge in [0.25, 0.3) is 0 Å². The van der Waals surface area contributed by atoms with Crippen LogP contribution in [0.2, 0.25) is 10.0 Å². The lowest BCUT2D eigenvalue weighted by Gasteiger charge is -2.19. The summed E-state index contributed by atoms with van der Waals surface area (Å²) < 4.78 is 0. The van der Waals surface area contributed by atoms with E-state index in [1.54, 1.807) is 6.20 Å². The minimum atomic E-state index is 0.680. The third-order valence-electron chi connectivity index (χ3n) is 2.99. The van der Waals surface area contributed by atoms with Crippen LogP contribution in [0.1, 0.15) is 11.1 Å². The average molecular weight is 310 g/mol. The maximum Gasteiger partial charge on any atom is 0.128 e. The molecule has 0 saturated heterocycles. The van der Waals surface area contributed by atoms with Crippen molar-refractivity contribution < 1.29 is 0 Å². The van der Waals surface area contributed by atoms with Crippen LogP contribution in [-0.2, 0) is 13.1 Å². The summed E-state index contributed by atoms with van der Waals surface area (Å²) >= 11 is 12.1. The smallest absolute Gasteiger partial charge is 0.128 e. The van der Waals surface area contributed by atoms with Crippen molar-refractivity contribution in [2.24, 2.45) is 0 Å². The Labute approximate surface area is 129 Å². The molecule has 0 radical (unpaired) electrons. The van der Waals surface area contributed by atoms with Gasteiger partial charge in [-0.1, -0.05) is 35.3 Å². The number of nitrogens with zero attached hydrogens (tertiary/aromatic N) is 2. The molecule has 2 aromatic rings. The van der Waals surface area contributed by atoms with E-state index >= 15 is 0 Å². The van der Waals surface area contributed by atoms with Gasteiger partial charge >= 0.3 is 0 Å². The predicted octanol–water partition coefficient (Wildman–Crippen LogP) is 3.74. The molecule has 0 aliphatic heterocycles. The number of pyridine rings is 1. The Balaban J connectivity index is 2.16. The van der Waals surface area contributed by atoms with E-state index in [9.17, 15) is 0 Å². The van der Waals surface area contributed by atoms with E-state index < -0.39 is 0 Å². The predicted molar refractivity (Wildman–Crippen MR) is 85.6 cm³/mol. The third-order valence-corrected chi connectivity index (χ3v) is 3.56. The zero-order valence-electron chi connectivity index (χ0n) is 11.5. The van der Waals surface area contributed by atoms with Crippen LogP contribution < -0.4 is 10.2 Å². The Kier molecular flexibility index (Phi) is 5.24. The average Bonchev–Trinajstić information content (AvgIpc) is 2.41. The van der Waals surface area contributed by atoms with Gasteiger partial charge in [0.05, 0.1) is 5.02 Å². The van der Waals surface area contributed by atoms with Crippen molar-refractivity contribution in [1.82, 2.24) is 10.3 Å². The molecule has 0 bridgehead atoms. The molecule has 3 nitrogen and oxygen atoms in total. The van der Waals surface area contributed by atoms with E-state index in [2.05, 4.69) is 15.2 Å². The minimum Gasteiger partial charge on any atom is -0.355 e. The van der Waals surface area contributed by atoms with Crippen LogP contribution in [-0.4, -0.2) is 19.1 Å². The van der Waals surface area contributed by atoms with Crippen molar-refractivity contribution in [3.8, 4) is 0 Å². The molecule has 106 valence electrons. The highest BCUT2D eigenvalue weighted by molar-refractivity contribution is 6.31. The maximum atomic E-state index is 6.12. The number of aromatic nitrogens is 1. The molecule has 20 heavy (non-hydrogen) atoms. The molecule has 1 aromatic carbocycles. The third kappa shape index (κ3) is 3.85. The lowest BCUT2D eigenvalue weighted by atomic mass is 10.2. The van der Waals surface area contributed by atoms with Gasteiger partial charge in [0.2, 0.25) is 0 Å². The van der Waals surface area contributed by atoms with Crippen LogP contribution >= 0.6 is 23.2 Å². The number of hydrogen-bond acceptors (Lipinski definition) is 3. The highest BCUT2D eigenvalue weighted by Gasteiger charge is 2.07. The van der Waals surface area contributed by atoms with Gasteiger partial charge in [0, 0.05) is 31.4 Å². The fourth-order valence-electron chi connectivity index (χ4n) is 1.99. The Morgan fingerprint density at radius 3 is 2.75 bits per heavy atom. The fraction of sp³-hybridized carbons (Fsp3) is 0.267. The first-order valence-electron chi connectivity index (χ1n) is 6.34. The van der Waals surface area contributed by atoms with Crippen LogP contribution in [0.5, 0.6) is 0 Å². The van der Waals surface area contributed by atoms with Crippen molar-refractivity contribution in [3.63, 3.8) is 0 Å². The zero-order chi connectivity index (χ0) is 14.5. The summed E-state index contributed by atoms with van der Waals surface area (Å²) in [6, 6.07) is 9.84.